The number of furan rings is 1. The smallest absolute Gasteiger partial charge is 0.243 e. The van der Waals surface area contributed by atoms with Crippen molar-refractivity contribution in [3.63, 3.8) is 0 Å². The van der Waals surface area contributed by atoms with Crippen LogP contribution in [0, 0.1) is 5.82 Å². The highest BCUT2D eigenvalue weighted by Gasteiger charge is 2.21. The van der Waals surface area contributed by atoms with Gasteiger partial charge in [-0.2, -0.15) is 0 Å². The monoisotopic (exact) mass is 415 g/mol. The summed E-state index contributed by atoms with van der Waals surface area (Å²) in [6.45, 7) is 2.34. The van der Waals surface area contributed by atoms with Crippen LogP contribution in [0.15, 0.2) is 52.1 Å². The number of hydrogen-bond acceptors (Lipinski definition) is 4. The highest BCUT2D eigenvalue weighted by molar-refractivity contribution is 5.85. The van der Waals surface area contributed by atoms with E-state index in [1.165, 1.54) is 11.0 Å². The first-order valence-electron chi connectivity index (χ1n) is 10.3. The Kier molecular flexibility index (Phi) is 7.70. The minimum absolute atomic E-state index is 0.0628. The molecule has 1 saturated heterocycles. The maximum Gasteiger partial charge on any atom is 0.243 e. The second kappa shape index (κ2) is 10.7. The van der Waals surface area contributed by atoms with Gasteiger partial charge in [0.1, 0.15) is 18.1 Å². The first-order valence-corrected chi connectivity index (χ1v) is 10.3. The molecule has 1 aliphatic rings. The number of hydrogen-bond donors (Lipinski definition) is 2. The number of amides is 1. The fraction of sp³-hybridized carbons (Fsp3) is 0.455. The summed E-state index contributed by atoms with van der Waals surface area (Å²) in [4.78, 5) is 20.1. The molecule has 1 aromatic carbocycles. The van der Waals surface area contributed by atoms with E-state index in [1.54, 1.807) is 32.5 Å². The van der Waals surface area contributed by atoms with Crippen molar-refractivity contribution in [2.24, 2.45) is 4.99 Å². The van der Waals surface area contributed by atoms with Crippen LogP contribution in [0.4, 0.5) is 10.1 Å². The zero-order chi connectivity index (χ0) is 21.3. The Balaban J connectivity index is 1.61. The zero-order valence-electron chi connectivity index (χ0n) is 17.6. The molecule has 0 saturated carbocycles. The summed E-state index contributed by atoms with van der Waals surface area (Å²) < 4.78 is 19.0. The third kappa shape index (κ3) is 6.50. The molecule has 1 unspecified atom stereocenters. The quantitative estimate of drug-likeness (QED) is 0.536. The lowest BCUT2D eigenvalue weighted by atomic mass is 10.0. The van der Waals surface area contributed by atoms with E-state index in [4.69, 9.17) is 4.42 Å². The van der Waals surface area contributed by atoms with Crippen LogP contribution in [0.3, 0.4) is 0 Å². The first-order chi connectivity index (χ1) is 14.5. The van der Waals surface area contributed by atoms with Crippen LogP contribution in [0.1, 0.15) is 18.6 Å². The van der Waals surface area contributed by atoms with Gasteiger partial charge in [-0.15, -0.1) is 0 Å². The third-order valence-corrected chi connectivity index (χ3v) is 5.05. The van der Waals surface area contributed by atoms with E-state index < -0.39 is 0 Å². The summed E-state index contributed by atoms with van der Waals surface area (Å²) in [5, 5.41) is 6.74. The predicted octanol–water partition coefficient (Wildman–Crippen LogP) is 2.25. The number of likely N-dealkylation sites (N-methyl/N-ethyl adjacent to an activating group) is 1. The van der Waals surface area contributed by atoms with Gasteiger partial charge in [-0.3, -0.25) is 4.79 Å². The SMILES string of the molecule is CN(C)C(=O)CN=C(NCCc1ccco1)NC1CCCN(c2cccc(F)c2)C1. The molecule has 2 aromatic rings. The minimum Gasteiger partial charge on any atom is -0.469 e. The average molecular weight is 416 g/mol. The molecule has 8 heteroatoms. The summed E-state index contributed by atoms with van der Waals surface area (Å²) in [7, 11) is 3.43. The summed E-state index contributed by atoms with van der Waals surface area (Å²) in [6.07, 6.45) is 4.34. The first kappa shape index (κ1) is 21.7. The van der Waals surface area contributed by atoms with E-state index in [0.717, 1.165) is 43.8 Å². The van der Waals surface area contributed by atoms with Crippen LogP contribution < -0.4 is 15.5 Å². The van der Waals surface area contributed by atoms with Crippen molar-refractivity contribution < 1.29 is 13.6 Å². The molecule has 30 heavy (non-hydrogen) atoms. The predicted molar refractivity (Wildman–Crippen MR) is 116 cm³/mol. The topological polar surface area (TPSA) is 73.1 Å². The lowest BCUT2D eigenvalue weighted by Gasteiger charge is -2.35. The average Bonchev–Trinajstić information content (AvgIpc) is 3.25. The molecule has 3 rings (SSSR count). The number of anilines is 1. The fourth-order valence-corrected chi connectivity index (χ4v) is 3.40. The van der Waals surface area contributed by atoms with Crippen LogP contribution in [0.2, 0.25) is 0 Å². The molecule has 2 N–H and O–H groups in total. The molecule has 0 bridgehead atoms. The number of rotatable bonds is 7. The van der Waals surface area contributed by atoms with Gasteiger partial charge in [-0.05, 0) is 43.2 Å². The van der Waals surface area contributed by atoms with Crippen LogP contribution in [0.25, 0.3) is 0 Å². The van der Waals surface area contributed by atoms with Crippen LogP contribution in [0.5, 0.6) is 0 Å². The molecule has 0 aliphatic carbocycles. The number of nitrogens with one attached hydrogen (secondary N) is 2. The molecule has 1 fully saturated rings. The second-order valence-corrected chi connectivity index (χ2v) is 7.62. The molecule has 7 nitrogen and oxygen atoms in total. The number of carbonyl (C=O) groups is 1. The second-order valence-electron chi connectivity index (χ2n) is 7.62. The van der Waals surface area contributed by atoms with Gasteiger partial charge < -0.3 is 24.9 Å². The van der Waals surface area contributed by atoms with E-state index in [0.29, 0.717) is 12.5 Å². The van der Waals surface area contributed by atoms with Crippen molar-refractivity contribution in [3.8, 4) is 0 Å². The number of guanidine groups is 1. The summed E-state index contributed by atoms with van der Waals surface area (Å²) >= 11 is 0. The molecular formula is C22H30FN5O2. The number of halogens is 1. The van der Waals surface area contributed by atoms with Gasteiger partial charge in [0.25, 0.3) is 0 Å². The third-order valence-electron chi connectivity index (χ3n) is 5.05. The van der Waals surface area contributed by atoms with Gasteiger partial charge in [-0.25, -0.2) is 9.38 Å². The van der Waals surface area contributed by atoms with Crippen molar-refractivity contribution >= 4 is 17.6 Å². The van der Waals surface area contributed by atoms with Gasteiger partial charge in [0.15, 0.2) is 5.96 Å². The number of benzene rings is 1. The highest BCUT2D eigenvalue weighted by Crippen LogP contribution is 2.20. The van der Waals surface area contributed by atoms with Gasteiger partial charge in [0.2, 0.25) is 5.91 Å². The Bertz CT molecular complexity index is 838. The molecule has 2 heterocycles. The number of carbonyl (C=O) groups excluding carboxylic acids is 1. The summed E-state index contributed by atoms with van der Waals surface area (Å²) in [5.74, 6) is 1.20. The number of piperidine rings is 1. The summed E-state index contributed by atoms with van der Waals surface area (Å²) in [5.41, 5.74) is 0.883. The molecule has 0 radical (unpaired) electrons. The van der Waals surface area contributed by atoms with Crippen molar-refractivity contribution in [1.82, 2.24) is 15.5 Å². The Morgan fingerprint density at radius 1 is 1.33 bits per heavy atom. The van der Waals surface area contributed by atoms with Crippen molar-refractivity contribution in [3.05, 3.63) is 54.2 Å². The van der Waals surface area contributed by atoms with E-state index >= 15 is 0 Å². The largest absolute Gasteiger partial charge is 0.469 e. The Hall–Kier alpha value is -3.03. The maximum absolute atomic E-state index is 13.6. The number of aliphatic imine (C=N–C) groups is 1. The standard InChI is InChI=1S/C22H30FN5O2/c1-27(2)21(29)15-25-22(24-11-10-20-9-5-13-30-20)26-18-7-4-12-28(16-18)19-8-3-6-17(23)14-19/h3,5-6,8-9,13-14,18H,4,7,10-12,15-16H2,1-2H3,(H2,24,25,26). The van der Waals surface area contributed by atoms with E-state index in [-0.39, 0.29) is 24.3 Å². The van der Waals surface area contributed by atoms with Crippen LogP contribution in [-0.4, -0.2) is 63.1 Å². The zero-order valence-corrected chi connectivity index (χ0v) is 17.6. The van der Waals surface area contributed by atoms with Gasteiger partial charge in [-0.1, -0.05) is 6.07 Å². The Morgan fingerprint density at radius 3 is 2.93 bits per heavy atom. The van der Waals surface area contributed by atoms with E-state index in [1.807, 2.05) is 18.2 Å². The van der Waals surface area contributed by atoms with Crippen LogP contribution in [-0.2, 0) is 11.2 Å². The fourth-order valence-electron chi connectivity index (χ4n) is 3.40. The van der Waals surface area contributed by atoms with Gasteiger partial charge in [0.05, 0.1) is 6.26 Å². The summed E-state index contributed by atoms with van der Waals surface area (Å²) in [6, 6.07) is 10.6. The molecule has 162 valence electrons. The highest BCUT2D eigenvalue weighted by atomic mass is 19.1. The minimum atomic E-state index is -0.230. The molecule has 1 aromatic heterocycles. The van der Waals surface area contributed by atoms with E-state index in [9.17, 15) is 9.18 Å². The lowest BCUT2D eigenvalue weighted by Crippen LogP contribution is -2.51. The normalized spacial score (nSPS) is 17.0. The Morgan fingerprint density at radius 2 is 2.20 bits per heavy atom. The van der Waals surface area contributed by atoms with Gasteiger partial charge >= 0.3 is 0 Å². The lowest BCUT2D eigenvalue weighted by molar-refractivity contribution is -0.127. The number of nitrogens with zero attached hydrogens (tertiary/aromatic N) is 3. The molecule has 0 spiro atoms. The maximum atomic E-state index is 13.6. The van der Waals surface area contributed by atoms with E-state index in [2.05, 4.69) is 20.5 Å². The molecule has 1 aliphatic heterocycles. The molecular weight excluding hydrogens is 385 g/mol. The van der Waals surface area contributed by atoms with Crippen LogP contribution >= 0.6 is 0 Å². The molecule has 1 amide bonds. The van der Waals surface area contributed by atoms with Gasteiger partial charge in [0, 0.05) is 51.9 Å². The van der Waals surface area contributed by atoms with Crippen molar-refractivity contribution in [1.29, 1.82) is 0 Å². The molecule has 1 atom stereocenters. The Labute approximate surface area is 176 Å². The van der Waals surface area contributed by atoms with Crippen molar-refractivity contribution in [2.45, 2.75) is 25.3 Å². The van der Waals surface area contributed by atoms with Crippen molar-refractivity contribution in [2.75, 3.05) is 45.2 Å².